The molecule has 18 heteroatoms. The molecule has 4 N–H and O–H groups in total. The van der Waals surface area contributed by atoms with Gasteiger partial charge in [0.05, 0.1) is 26.4 Å². The van der Waals surface area contributed by atoms with Crippen molar-refractivity contribution in [2.75, 3.05) is 39.6 Å². The molecule has 0 aliphatic carbocycles. The quantitative estimate of drug-likeness (QED) is 0.0146. The number of carbonyl (C=O) groups excluding carboxylic acids is 3. The third-order valence-electron chi connectivity index (χ3n) is 16.4. The minimum Gasteiger partial charge on any atom is -0.463 e. The van der Waals surface area contributed by atoms with Crippen molar-refractivity contribution in [3.8, 4) is 0 Å². The van der Waals surface area contributed by atoms with Gasteiger partial charge in [0.15, 0.2) is 6.10 Å². The van der Waals surface area contributed by atoms with Crippen LogP contribution in [0.5, 0.6) is 0 Å². The number of phosphoric ester groups is 2. The molecule has 598 valence electrons. The molecule has 0 heterocycles. The minimum atomic E-state index is -4.95. The second-order valence-electron chi connectivity index (χ2n) is 26.4. The van der Waals surface area contributed by atoms with E-state index >= 15 is 0 Å². The lowest BCUT2D eigenvalue weighted by Crippen LogP contribution is -2.30. The lowest BCUT2D eigenvalue weighted by Gasteiger charge is -2.21. The van der Waals surface area contributed by atoms with Gasteiger partial charge in [-0.15, -0.1) is 0 Å². The van der Waals surface area contributed by atoms with E-state index in [0.29, 0.717) is 19.3 Å². The van der Waals surface area contributed by atoms with Gasteiger partial charge in [-0.2, -0.15) is 0 Å². The summed E-state index contributed by atoms with van der Waals surface area (Å²) in [5.41, 5.74) is 0. The normalized spacial score (nSPS) is 14.8. The van der Waals surface area contributed by atoms with Crippen LogP contribution in [0, 0.1) is 0 Å². The molecule has 0 rings (SSSR count). The minimum absolute atomic E-state index is 0.0797. The van der Waals surface area contributed by atoms with Crippen molar-refractivity contribution in [2.24, 2.45) is 0 Å². The number of allylic oxidation sites excluding steroid dienone is 28. The molecule has 5 unspecified atom stereocenters. The number of aliphatic hydroxyl groups excluding tert-OH is 2. The van der Waals surface area contributed by atoms with Crippen LogP contribution in [0.2, 0.25) is 0 Å². The zero-order valence-corrected chi connectivity index (χ0v) is 67.1. The second-order valence-corrected chi connectivity index (χ2v) is 29.3. The Kier molecular flexibility index (Phi) is 74.7. The highest BCUT2D eigenvalue weighted by molar-refractivity contribution is 7.47. The van der Waals surface area contributed by atoms with Gasteiger partial charge in [-0.1, -0.05) is 306 Å². The number of hydrogen-bond donors (Lipinski definition) is 4. The lowest BCUT2D eigenvalue weighted by molar-refractivity contribution is -0.161. The Labute approximate surface area is 637 Å². The van der Waals surface area contributed by atoms with E-state index in [1.165, 1.54) is 51.4 Å². The fourth-order valence-electron chi connectivity index (χ4n) is 10.4. The molecule has 0 aliphatic heterocycles. The van der Waals surface area contributed by atoms with Crippen LogP contribution in [0.25, 0.3) is 0 Å². The third-order valence-corrected chi connectivity index (χ3v) is 18.3. The van der Waals surface area contributed by atoms with E-state index in [-0.39, 0.29) is 19.3 Å². The number of rotatable bonds is 75. The van der Waals surface area contributed by atoms with E-state index in [0.717, 1.165) is 193 Å². The van der Waals surface area contributed by atoms with Crippen LogP contribution in [0.1, 0.15) is 303 Å². The van der Waals surface area contributed by atoms with Crippen LogP contribution in [0.3, 0.4) is 0 Å². The van der Waals surface area contributed by atoms with Crippen molar-refractivity contribution in [2.45, 2.75) is 322 Å². The Morgan fingerprint density at radius 2 is 0.476 bits per heavy atom. The average molecular weight is 1510 g/mol. The van der Waals surface area contributed by atoms with E-state index in [4.69, 9.17) is 32.3 Å². The summed E-state index contributed by atoms with van der Waals surface area (Å²) in [5.74, 6) is -1.61. The van der Waals surface area contributed by atoms with Gasteiger partial charge in [0.2, 0.25) is 0 Å². The van der Waals surface area contributed by atoms with E-state index in [2.05, 4.69) is 191 Å². The molecule has 0 spiro atoms. The molecule has 0 saturated heterocycles. The first kappa shape index (κ1) is 99.9. The maximum Gasteiger partial charge on any atom is 0.472 e. The third kappa shape index (κ3) is 79.8. The van der Waals surface area contributed by atoms with Gasteiger partial charge in [0.1, 0.15) is 25.4 Å². The Balaban J connectivity index is 4.57. The van der Waals surface area contributed by atoms with Crippen molar-refractivity contribution >= 4 is 33.6 Å². The molecule has 0 aromatic heterocycles. The largest absolute Gasteiger partial charge is 0.472 e. The molecule has 0 saturated carbocycles. The molecule has 0 bridgehead atoms. The van der Waals surface area contributed by atoms with Crippen LogP contribution in [-0.4, -0.2) is 95.9 Å². The predicted octanol–water partition coefficient (Wildman–Crippen LogP) is 24.0. The number of unbranched alkanes of at least 4 members (excludes halogenated alkanes) is 24. The summed E-state index contributed by atoms with van der Waals surface area (Å²) in [6.07, 6.45) is 99.6. The molecule has 0 aromatic carbocycles. The summed E-state index contributed by atoms with van der Waals surface area (Å²) in [7, 11) is -9.81. The molecule has 0 aliphatic rings. The zero-order valence-electron chi connectivity index (χ0n) is 65.3. The highest BCUT2D eigenvalue weighted by Crippen LogP contribution is 2.45. The maximum absolute atomic E-state index is 13.0. The summed E-state index contributed by atoms with van der Waals surface area (Å²) in [6, 6.07) is 0. The van der Waals surface area contributed by atoms with Crippen LogP contribution >= 0.6 is 15.6 Å². The van der Waals surface area contributed by atoms with Crippen LogP contribution in [-0.2, 0) is 55.8 Å². The number of ether oxygens (including phenoxy) is 3. The first-order chi connectivity index (χ1) is 51.2. The first-order valence-electron chi connectivity index (χ1n) is 40.4. The van der Waals surface area contributed by atoms with Crippen molar-refractivity contribution in [1.29, 1.82) is 0 Å². The van der Waals surface area contributed by atoms with E-state index in [9.17, 15) is 43.5 Å². The average Bonchev–Trinajstić information content (AvgIpc) is 0.915. The van der Waals surface area contributed by atoms with Crippen LogP contribution < -0.4 is 0 Å². The van der Waals surface area contributed by atoms with Crippen molar-refractivity contribution in [3.05, 3.63) is 170 Å². The summed E-state index contributed by atoms with van der Waals surface area (Å²) in [5, 5.41) is 20.7. The number of hydrogen-bond acceptors (Lipinski definition) is 14. The van der Waals surface area contributed by atoms with Crippen LogP contribution in [0.4, 0.5) is 0 Å². The SMILES string of the molecule is CC/C=C\C/C=C\C/C=C\C/C=C\C/C=C\C/C=C\CCCCCCCCCCCCCCC(=O)OCC(O)COP(=O)(O)OCC(O)COP(=O)(O)OCC(COC(=O)CCCCCCCC/C=C\C/C=C\C/C=C\C/C=C\CC)OC(=O)CCCCCCCC/C=C\C/C=C\C/C=C\C/C=C\CC. The van der Waals surface area contributed by atoms with Gasteiger partial charge in [0, 0.05) is 19.3 Å². The zero-order chi connectivity index (χ0) is 76.6. The van der Waals surface area contributed by atoms with Gasteiger partial charge in [-0.3, -0.25) is 32.5 Å². The molecule has 105 heavy (non-hydrogen) atoms. The Morgan fingerprint density at radius 1 is 0.267 bits per heavy atom. The van der Waals surface area contributed by atoms with Crippen LogP contribution in [0.15, 0.2) is 170 Å². The van der Waals surface area contributed by atoms with Gasteiger partial charge in [-0.05, 0) is 148 Å². The molecular formula is C87H144O16P2. The topological polar surface area (TPSA) is 231 Å². The fourth-order valence-corrected chi connectivity index (χ4v) is 12.0. The van der Waals surface area contributed by atoms with Crippen molar-refractivity contribution < 1.29 is 75.8 Å². The number of carbonyl (C=O) groups is 3. The molecular weight excluding hydrogens is 1360 g/mol. The van der Waals surface area contributed by atoms with Gasteiger partial charge < -0.3 is 34.2 Å². The van der Waals surface area contributed by atoms with Crippen molar-refractivity contribution in [3.63, 3.8) is 0 Å². The Bertz CT molecular complexity index is 2590. The van der Waals surface area contributed by atoms with Crippen molar-refractivity contribution in [1.82, 2.24) is 0 Å². The molecule has 0 amide bonds. The summed E-state index contributed by atoms with van der Waals surface area (Å²) in [6.45, 7) is 2.31. The number of aliphatic hydroxyl groups is 2. The highest BCUT2D eigenvalue weighted by Gasteiger charge is 2.29. The molecule has 0 radical (unpaired) electrons. The molecule has 0 fully saturated rings. The standard InChI is InChI=1S/C87H144O16P2/c1-4-7-10-13-16-19-22-25-28-31-34-35-36-37-38-39-40-41-42-43-44-45-48-50-52-55-58-61-64-67-70-73-85(90)97-76-82(88)77-99-104(93,94)100-78-83(89)79-101-105(95,96)102-81-84(103-87(92)75-72-69-66-63-60-57-54-51-47-33-30-27-24-21-18-15-12-9-6-3)80-98-86(91)74-71-68-65-62-59-56-53-49-46-32-29-26-23-20-17-14-11-8-5-2/h7-12,16-21,25-30,34-35,37-38,40-41,46-47,49,51,82-84,88-89H,4-6,13-15,22-24,31-33,36,39,42-45,48,50,52-81H2,1-3H3,(H,93,94)(H,95,96)/b10-7-,11-8-,12-9-,19-16-,20-17-,21-18-,28-25-,29-26-,30-27-,35-34-,38-37-,41-40-,49-46-,51-47-. The molecule has 16 nitrogen and oxygen atoms in total. The van der Waals surface area contributed by atoms with E-state index in [1.807, 2.05) is 0 Å². The monoisotopic (exact) mass is 1510 g/mol. The van der Waals surface area contributed by atoms with Gasteiger partial charge >= 0.3 is 33.6 Å². The highest BCUT2D eigenvalue weighted by atomic mass is 31.2. The van der Waals surface area contributed by atoms with Gasteiger partial charge in [0.25, 0.3) is 0 Å². The first-order valence-corrected chi connectivity index (χ1v) is 43.4. The van der Waals surface area contributed by atoms with Gasteiger partial charge in [-0.25, -0.2) is 9.13 Å². The number of esters is 3. The molecule has 5 atom stereocenters. The predicted molar refractivity (Wildman–Crippen MR) is 435 cm³/mol. The van der Waals surface area contributed by atoms with E-state index < -0.39 is 91.5 Å². The Hall–Kier alpha value is -5.09. The number of phosphoric acid groups is 2. The maximum atomic E-state index is 13.0. The second kappa shape index (κ2) is 78.5. The fraction of sp³-hybridized carbons (Fsp3) is 0.644. The summed E-state index contributed by atoms with van der Waals surface area (Å²) < 4.78 is 61.2. The lowest BCUT2D eigenvalue weighted by atomic mass is 10.0. The van der Waals surface area contributed by atoms with E-state index in [1.54, 1.807) is 0 Å². The molecule has 0 aromatic rings. The smallest absolute Gasteiger partial charge is 0.463 e. The Morgan fingerprint density at radius 3 is 0.752 bits per heavy atom. The summed E-state index contributed by atoms with van der Waals surface area (Å²) >= 11 is 0. The summed E-state index contributed by atoms with van der Waals surface area (Å²) in [4.78, 5) is 58.7.